The Balaban J connectivity index is 2.64. The molecule has 2 heterocycles. The van der Waals surface area contributed by atoms with Crippen LogP contribution < -0.4 is 5.32 Å². The predicted octanol–water partition coefficient (Wildman–Crippen LogP) is 0.876. The number of hydrogen-bond donors (Lipinski definition) is 2. The molecule has 1 amide bonds. The standard InChI is InChI=1S/C8H7BrN2O2/c9-7-4-1-2-10-8(13)6(4)5(3-12)11-7/h3,11H,1-2H2,(H,10,13). The Bertz CT molecular complexity index is 384. The summed E-state index contributed by atoms with van der Waals surface area (Å²) >= 11 is 3.28. The van der Waals surface area contributed by atoms with Crippen molar-refractivity contribution < 1.29 is 9.59 Å². The molecule has 0 saturated carbocycles. The molecule has 0 spiro atoms. The van der Waals surface area contributed by atoms with Gasteiger partial charge >= 0.3 is 0 Å². The average Bonchev–Trinajstić information content (AvgIpc) is 2.45. The number of H-pyrrole nitrogens is 1. The molecule has 0 aromatic carbocycles. The molecule has 2 rings (SSSR count). The molecule has 1 aliphatic rings. The minimum Gasteiger partial charge on any atom is -0.352 e. The summed E-state index contributed by atoms with van der Waals surface area (Å²) in [5.41, 5.74) is 1.72. The lowest BCUT2D eigenvalue weighted by Gasteiger charge is -2.12. The van der Waals surface area contributed by atoms with Crippen LogP contribution in [0.5, 0.6) is 0 Å². The molecule has 13 heavy (non-hydrogen) atoms. The van der Waals surface area contributed by atoms with Crippen molar-refractivity contribution in [2.24, 2.45) is 0 Å². The molecule has 0 atom stereocenters. The number of aromatic nitrogens is 1. The van der Waals surface area contributed by atoms with Crippen molar-refractivity contribution in [3.63, 3.8) is 0 Å². The largest absolute Gasteiger partial charge is 0.352 e. The first-order valence-electron chi connectivity index (χ1n) is 3.87. The summed E-state index contributed by atoms with van der Waals surface area (Å²) in [6.07, 6.45) is 1.42. The van der Waals surface area contributed by atoms with Gasteiger partial charge in [-0.15, -0.1) is 0 Å². The number of rotatable bonds is 1. The topological polar surface area (TPSA) is 62.0 Å². The van der Waals surface area contributed by atoms with E-state index in [1.165, 1.54) is 0 Å². The highest BCUT2D eigenvalue weighted by Gasteiger charge is 2.24. The lowest BCUT2D eigenvalue weighted by molar-refractivity contribution is 0.0940. The Labute approximate surface area is 82.8 Å². The molecule has 0 radical (unpaired) electrons. The molecule has 1 aromatic heterocycles. The Hall–Kier alpha value is -1.10. The van der Waals surface area contributed by atoms with Gasteiger partial charge in [-0.3, -0.25) is 9.59 Å². The van der Waals surface area contributed by atoms with Gasteiger partial charge in [0.05, 0.1) is 15.9 Å². The van der Waals surface area contributed by atoms with Crippen molar-refractivity contribution >= 4 is 28.1 Å². The third kappa shape index (κ3) is 1.19. The monoisotopic (exact) mass is 242 g/mol. The summed E-state index contributed by atoms with van der Waals surface area (Å²) in [5, 5.41) is 2.69. The zero-order valence-corrected chi connectivity index (χ0v) is 8.27. The molecular formula is C8H7BrN2O2. The Morgan fingerprint density at radius 3 is 2.92 bits per heavy atom. The third-order valence-electron chi connectivity index (χ3n) is 2.09. The predicted molar refractivity (Wildman–Crippen MR) is 49.9 cm³/mol. The maximum Gasteiger partial charge on any atom is 0.253 e. The molecule has 0 fully saturated rings. The summed E-state index contributed by atoms with van der Waals surface area (Å²) < 4.78 is 0.736. The fourth-order valence-electron chi connectivity index (χ4n) is 1.50. The smallest absolute Gasteiger partial charge is 0.253 e. The van der Waals surface area contributed by atoms with Crippen LogP contribution in [0.2, 0.25) is 0 Å². The highest BCUT2D eigenvalue weighted by molar-refractivity contribution is 9.10. The number of amides is 1. The van der Waals surface area contributed by atoms with Crippen LogP contribution in [0.25, 0.3) is 0 Å². The second-order valence-corrected chi connectivity index (χ2v) is 3.62. The number of hydrogen-bond acceptors (Lipinski definition) is 2. The number of nitrogens with one attached hydrogen (secondary N) is 2. The van der Waals surface area contributed by atoms with E-state index in [-0.39, 0.29) is 5.91 Å². The molecule has 0 saturated heterocycles. The van der Waals surface area contributed by atoms with Crippen molar-refractivity contribution in [1.82, 2.24) is 10.3 Å². The number of aromatic amines is 1. The third-order valence-corrected chi connectivity index (χ3v) is 2.76. The molecule has 1 aromatic rings. The van der Waals surface area contributed by atoms with Gasteiger partial charge in [0.15, 0.2) is 6.29 Å². The fraction of sp³-hybridized carbons (Fsp3) is 0.250. The summed E-state index contributed by atoms with van der Waals surface area (Å²) in [5.74, 6) is -0.176. The molecule has 1 aliphatic heterocycles. The normalized spacial score (nSPS) is 15.0. The maximum atomic E-state index is 11.4. The number of carbonyl (C=O) groups excluding carboxylic acids is 2. The first-order chi connectivity index (χ1) is 6.24. The van der Waals surface area contributed by atoms with Crippen LogP contribution in [-0.2, 0) is 6.42 Å². The van der Waals surface area contributed by atoms with Crippen molar-refractivity contribution in [3.8, 4) is 0 Å². The van der Waals surface area contributed by atoms with Gasteiger partial charge in [0.25, 0.3) is 5.91 Å². The van der Waals surface area contributed by atoms with Crippen molar-refractivity contribution in [1.29, 1.82) is 0 Å². The zero-order chi connectivity index (χ0) is 9.42. The molecule has 0 unspecified atom stereocenters. The van der Waals surface area contributed by atoms with Crippen molar-refractivity contribution in [2.75, 3.05) is 6.54 Å². The number of carbonyl (C=O) groups is 2. The minimum atomic E-state index is -0.176. The van der Waals surface area contributed by atoms with Gasteiger partial charge in [-0.1, -0.05) is 0 Å². The number of aldehydes is 1. The van der Waals surface area contributed by atoms with E-state index >= 15 is 0 Å². The van der Waals surface area contributed by atoms with Crippen LogP contribution in [0.1, 0.15) is 26.4 Å². The van der Waals surface area contributed by atoms with Crippen LogP contribution in [-0.4, -0.2) is 23.7 Å². The zero-order valence-electron chi connectivity index (χ0n) is 6.69. The molecule has 5 heteroatoms. The van der Waals surface area contributed by atoms with E-state index in [9.17, 15) is 9.59 Å². The van der Waals surface area contributed by atoms with E-state index in [0.717, 1.165) is 16.6 Å². The van der Waals surface area contributed by atoms with E-state index in [1.807, 2.05) is 0 Å². The Kier molecular flexibility index (Phi) is 1.95. The first kappa shape index (κ1) is 8.50. The van der Waals surface area contributed by atoms with Crippen LogP contribution in [0.3, 0.4) is 0 Å². The van der Waals surface area contributed by atoms with Gasteiger partial charge in [-0.25, -0.2) is 0 Å². The SMILES string of the molecule is O=Cc1[nH]c(Br)c2c1C(=O)NCC2. The van der Waals surface area contributed by atoms with E-state index in [2.05, 4.69) is 26.2 Å². The van der Waals surface area contributed by atoms with Crippen molar-refractivity contribution in [3.05, 3.63) is 21.4 Å². The second-order valence-electron chi connectivity index (χ2n) is 2.83. The Morgan fingerprint density at radius 2 is 2.23 bits per heavy atom. The Morgan fingerprint density at radius 1 is 1.46 bits per heavy atom. The lowest BCUT2D eigenvalue weighted by atomic mass is 10.0. The van der Waals surface area contributed by atoms with E-state index < -0.39 is 0 Å². The highest BCUT2D eigenvalue weighted by Crippen LogP contribution is 2.25. The summed E-state index contributed by atoms with van der Waals surface area (Å²) in [6.45, 7) is 0.626. The fourth-order valence-corrected chi connectivity index (χ4v) is 2.11. The molecule has 68 valence electrons. The van der Waals surface area contributed by atoms with Gasteiger partial charge in [0, 0.05) is 6.54 Å². The van der Waals surface area contributed by atoms with Crippen LogP contribution >= 0.6 is 15.9 Å². The van der Waals surface area contributed by atoms with Gasteiger partial charge in [-0.05, 0) is 27.9 Å². The van der Waals surface area contributed by atoms with Gasteiger partial charge in [0.1, 0.15) is 0 Å². The van der Waals surface area contributed by atoms with E-state index in [1.54, 1.807) is 0 Å². The van der Waals surface area contributed by atoms with Crippen LogP contribution in [0.15, 0.2) is 4.60 Å². The van der Waals surface area contributed by atoms with Gasteiger partial charge in [0.2, 0.25) is 0 Å². The maximum absolute atomic E-state index is 11.4. The molecule has 2 N–H and O–H groups in total. The van der Waals surface area contributed by atoms with Crippen molar-refractivity contribution in [2.45, 2.75) is 6.42 Å². The number of fused-ring (bicyclic) bond motifs is 1. The minimum absolute atomic E-state index is 0.176. The van der Waals surface area contributed by atoms with Crippen LogP contribution in [0.4, 0.5) is 0 Å². The quantitative estimate of drug-likeness (QED) is 0.719. The second kappa shape index (κ2) is 2.99. The highest BCUT2D eigenvalue weighted by atomic mass is 79.9. The first-order valence-corrected chi connectivity index (χ1v) is 4.67. The molecule has 4 nitrogen and oxygen atoms in total. The molecule has 0 aliphatic carbocycles. The average molecular weight is 243 g/mol. The summed E-state index contributed by atoms with van der Waals surface area (Å²) in [6, 6.07) is 0. The summed E-state index contributed by atoms with van der Waals surface area (Å²) in [7, 11) is 0. The van der Waals surface area contributed by atoms with Gasteiger partial charge in [-0.2, -0.15) is 0 Å². The summed E-state index contributed by atoms with van der Waals surface area (Å²) in [4.78, 5) is 24.8. The van der Waals surface area contributed by atoms with Gasteiger partial charge < -0.3 is 10.3 Å². The van der Waals surface area contributed by atoms with E-state index in [0.29, 0.717) is 24.1 Å². The van der Waals surface area contributed by atoms with E-state index in [4.69, 9.17) is 0 Å². The number of halogens is 1. The molecular weight excluding hydrogens is 236 g/mol. The van der Waals surface area contributed by atoms with Crippen LogP contribution in [0, 0.1) is 0 Å². The molecule has 0 bridgehead atoms. The lowest BCUT2D eigenvalue weighted by Crippen LogP contribution is -2.31.